The average Bonchev–Trinajstić information content (AvgIpc) is 2.88. The van der Waals surface area contributed by atoms with Gasteiger partial charge in [-0.2, -0.15) is 5.10 Å². The normalized spacial score (nSPS) is 16.8. The minimum Gasteiger partial charge on any atom is -0.444 e. The van der Waals surface area contributed by atoms with E-state index in [0.29, 0.717) is 23.9 Å². The number of nitrogens with zero attached hydrogens (tertiary/aromatic N) is 5. The zero-order chi connectivity index (χ0) is 16.6. The maximum Gasteiger partial charge on any atom is 0.410 e. The van der Waals surface area contributed by atoms with Crippen LogP contribution < -0.4 is 0 Å². The summed E-state index contributed by atoms with van der Waals surface area (Å²) in [4.78, 5) is 22.4. The molecule has 0 saturated carbocycles. The van der Waals surface area contributed by atoms with Crippen LogP contribution in [0.1, 0.15) is 39.7 Å². The minimum absolute atomic E-state index is 0.180. The Morgan fingerprint density at radius 3 is 2.65 bits per heavy atom. The lowest BCUT2D eigenvalue weighted by Gasteiger charge is -2.33. The molecule has 1 aliphatic rings. The third kappa shape index (κ3) is 3.55. The number of carbonyl (C=O) groups excluding carboxylic acids is 1. The van der Waals surface area contributed by atoms with Crippen molar-refractivity contribution in [2.45, 2.75) is 45.3 Å². The fourth-order valence-electron chi connectivity index (χ4n) is 2.69. The van der Waals surface area contributed by atoms with Gasteiger partial charge in [0.25, 0.3) is 0 Å². The number of halogens is 1. The summed E-state index contributed by atoms with van der Waals surface area (Å²) >= 11 is 5.93. The van der Waals surface area contributed by atoms with Crippen LogP contribution in [0, 0.1) is 0 Å². The molecule has 3 heterocycles. The molecule has 8 heteroatoms. The molecule has 0 spiro atoms. The maximum atomic E-state index is 12.1. The molecule has 2 aromatic heterocycles. The second-order valence-electron chi connectivity index (χ2n) is 6.69. The molecule has 0 N–H and O–H groups in total. The molecular formula is C15H20ClN5O2. The van der Waals surface area contributed by atoms with Gasteiger partial charge in [-0.25, -0.2) is 19.4 Å². The van der Waals surface area contributed by atoms with E-state index >= 15 is 0 Å². The first-order chi connectivity index (χ1) is 10.8. The van der Waals surface area contributed by atoms with Crippen LogP contribution in [0.4, 0.5) is 4.79 Å². The predicted molar refractivity (Wildman–Crippen MR) is 86.4 cm³/mol. The Hall–Kier alpha value is -1.89. The van der Waals surface area contributed by atoms with Crippen molar-refractivity contribution >= 4 is 28.9 Å². The Morgan fingerprint density at radius 1 is 1.30 bits per heavy atom. The molecule has 0 bridgehead atoms. The molecule has 124 valence electrons. The Kier molecular flexibility index (Phi) is 4.14. The van der Waals surface area contributed by atoms with Crippen molar-refractivity contribution in [1.82, 2.24) is 24.6 Å². The quantitative estimate of drug-likeness (QED) is 0.799. The topological polar surface area (TPSA) is 73.1 Å². The first kappa shape index (κ1) is 16.0. The largest absolute Gasteiger partial charge is 0.444 e. The summed E-state index contributed by atoms with van der Waals surface area (Å²) in [6.45, 7) is 6.88. The Bertz CT molecular complexity index is 716. The molecule has 1 saturated heterocycles. The summed E-state index contributed by atoms with van der Waals surface area (Å²) in [6.07, 6.45) is 4.54. The van der Waals surface area contributed by atoms with Gasteiger partial charge in [-0.1, -0.05) is 11.6 Å². The van der Waals surface area contributed by atoms with E-state index in [2.05, 4.69) is 15.1 Å². The van der Waals surface area contributed by atoms with Crippen molar-refractivity contribution in [2.24, 2.45) is 0 Å². The van der Waals surface area contributed by atoms with Crippen LogP contribution in [0.3, 0.4) is 0 Å². The van der Waals surface area contributed by atoms with E-state index < -0.39 is 5.60 Å². The summed E-state index contributed by atoms with van der Waals surface area (Å²) < 4.78 is 7.28. The van der Waals surface area contributed by atoms with Gasteiger partial charge in [0.2, 0.25) is 0 Å². The zero-order valence-electron chi connectivity index (χ0n) is 13.5. The van der Waals surface area contributed by atoms with Crippen LogP contribution in [-0.2, 0) is 4.74 Å². The third-order valence-electron chi connectivity index (χ3n) is 3.74. The van der Waals surface area contributed by atoms with Gasteiger partial charge in [0.05, 0.1) is 18.4 Å². The van der Waals surface area contributed by atoms with Gasteiger partial charge in [-0.05, 0) is 33.6 Å². The van der Waals surface area contributed by atoms with E-state index in [1.54, 1.807) is 11.1 Å². The van der Waals surface area contributed by atoms with Crippen molar-refractivity contribution in [3.05, 3.63) is 17.5 Å². The third-order valence-corrected chi connectivity index (χ3v) is 3.92. The van der Waals surface area contributed by atoms with Gasteiger partial charge in [0, 0.05) is 13.1 Å². The van der Waals surface area contributed by atoms with Crippen LogP contribution in [0.2, 0.25) is 5.15 Å². The zero-order valence-corrected chi connectivity index (χ0v) is 14.2. The minimum atomic E-state index is -0.474. The fraction of sp³-hybridized carbons (Fsp3) is 0.600. The summed E-state index contributed by atoms with van der Waals surface area (Å²) in [5.41, 5.74) is 0.940. The molecule has 23 heavy (non-hydrogen) atoms. The number of likely N-dealkylation sites (tertiary alicyclic amines) is 1. The molecule has 0 aliphatic carbocycles. The fourth-order valence-corrected chi connectivity index (χ4v) is 2.81. The number of fused-ring (bicyclic) bond motifs is 1. The molecule has 0 radical (unpaired) electrons. The lowest BCUT2D eigenvalue weighted by atomic mass is 10.1. The monoisotopic (exact) mass is 337 g/mol. The van der Waals surface area contributed by atoms with Crippen molar-refractivity contribution in [2.75, 3.05) is 13.1 Å². The highest BCUT2D eigenvalue weighted by Crippen LogP contribution is 2.26. The number of piperidine rings is 1. The smallest absolute Gasteiger partial charge is 0.410 e. The van der Waals surface area contributed by atoms with Crippen LogP contribution in [0.25, 0.3) is 11.2 Å². The SMILES string of the molecule is CC(C)(C)OC(=O)N1CCC(n2ncc3ncc(Cl)nc32)CC1. The van der Waals surface area contributed by atoms with Crippen molar-refractivity contribution < 1.29 is 9.53 Å². The second-order valence-corrected chi connectivity index (χ2v) is 7.08. The van der Waals surface area contributed by atoms with Crippen molar-refractivity contribution in [3.63, 3.8) is 0 Å². The maximum absolute atomic E-state index is 12.1. The van der Waals surface area contributed by atoms with Gasteiger partial charge in [0.1, 0.15) is 16.3 Å². The van der Waals surface area contributed by atoms with Crippen molar-refractivity contribution in [3.8, 4) is 0 Å². The number of aromatic nitrogens is 4. The van der Waals surface area contributed by atoms with Gasteiger partial charge in [-0.15, -0.1) is 0 Å². The molecule has 0 unspecified atom stereocenters. The predicted octanol–water partition coefficient (Wildman–Crippen LogP) is 3.05. The molecule has 1 amide bonds. The van der Waals surface area contributed by atoms with Gasteiger partial charge >= 0.3 is 6.09 Å². The second kappa shape index (κ2) is 5.96. The van der Waals surface area contributed by atoms with Gasteiger partial charge < -0.3 is 9.64 Å². The lowest BCUT2D eigenvalue weighted by Crippen LogP contribution is -2.42. The molecule has 1 fully saturated rings. The number of amides is 1. The summed E-state index contributed by atoms with van der Waals surface area (Å²) in [5.74, 6) is 0. The first-order valence-electron chi connectivity index (χ1n) is 7.67. The van der Waals surface area contributed by atoms with E-state index in [-0.39, 0.29) is 12.1 Å². The number of hydrogen-bond acceptors (Lipinski definition) is 5. The van der Waals surface area contributed by atoms with Gasteiger partial charge in [0.15, 0.2) is 5.65 Å². The summed E-state index contributed by atoms with van der Waals surface area (Å²) in [5, 5.41) is 4.74. The van der Waals surface area contributed by atoms with Gasteiger partial charge in [-0.3, -0.25) is 0 Å². The number of carbonyl (C=O) groups is 1. The van der Waals surface area contributed by atoms with Crippen LogP contribution in [0.15, 0.2) is 12.4 Å². The molecular weight excluding hydrogens is 318 g/mol. The van der Waals surface area contributed by atoms with E-state index in [4.69, 9.17) is 16.3 Å². The highest BCUT2D eigenvalue weighted by atomic mass is 35.5. The molecule has 0 aromatic carbocycles. The summed E-state index contributed by atoms with van der Waals surface area (Å²) in [6, 6.07) is 0.180. The molecule has 0 atom stereocenters. The van der Waals surface area contributed by atoms with Crippen LogP contribution in [0.5, 0.6) is 0 Å². The highest BCUT2D eigenvalue weighted by molar-refractivity contribution is 6.29. The standard InChI is InChI=1S/C15H20ClN5O2/c1-15(2,3)23-14(22)20-6-4-10(5-7-20)21-13-11(8-18-21)17-9-12(16)19-13/h8-10H,4-7H2,1-3H3. The first-order valence-corrected chi connectivity index (χ1v) is 8.05. The Morgan fingerprint density at radius 2 is 2.00 bits per heavy atom. The van der Waals surface area contributed by atoms with E-state index in [0.717, 1.165) is 18.4 Å². The number of rotatable bonds is 1. The van der Waals surface area contributed by atoms with Crippen LogP contribution >= 0.6 is 11.6 Å². The Balaban J connectivity index is 1.69. The van der Waals surface area contributed by atoms with E-state index in [9.17, 15) is 4.79 Å². The molecule has 3 rings (SSSR count). The molecule has 1 aliphatic heterocycles. The average molecular weight is 338 g/mol. The molecule has 2 aromatic rings. The van der Waals surface area contributed by atoms with Crippen molar-refractivity contribution in [1.29, 1.82) is 0 Å². The van der Waals surface area contributed by atoms with E-state index in [1.165, 1.54) is 6.20 Å². The molecule has 7 nitrogen and oxygen atoms in total. The summed E-state index contributed by atoms with van der Waals surface area (Å²) in [7, 11) is 0. The number of hydrogen-bond donors (Lipinski definition) is 0. The Labute approximate surface area is 139 Å². The van der Waals surface area contributed by atoms with Crippen LogP contribution in [-0.4, -0.2) is 49.4 Å². The number of ether oxygens (including phenoxy) is 1. The lowest BCUT2D eigenvalue weighted by molar-refractivity contribution is 0.0186. The highest BCUT2D eigenvalue weighted by Gasteiger charge is 2.28. The van der Waals surface area contributed by atoms with E-state index in [1.807, 2.05) is 25.5 Å².